The lowest BCUT2D eigenvalue weighted by atomic mass is 10.2. The Morgan fingerprint density at radius 2 is 1.80 bits per heavy atom. The number of hydrogen-bond donors (Lipinski definition) is 1. The van der Waals surface area contributed by atoms with Gasteiger partial charge >= 0.3 is 6.03 Å². The van der Waals surface area contributed by atoms with Crippen LogP contribution in [0, 0.1) is 6.92 Å². The highest BCUT2D eigenvalue weighted by Crippen LogP contribution is 2.29. The fourth-order valence-corrected chi connectivity index (χ4v) is 5.27. The van der Waals surface area contributed by atoms with Gasteiger partial charge in [0.2, 0.25) is 5.95 Å². The number of carbonyl (C=O) groups is 1. The number of benzene rings is 3. The van der Waals surface area contributed by atoms with E-state index < -0.39 is 0 Å². The molecular weight excluding hydrogens is 516 g/mol. The minimum Gasteiger partial charge on any atom is -0.492 e. The van der Waals surface area contributed by atoms with Crippen LogP contribution in [0.3, 0.4) is 0 Å². The van der Waals surface area contributed by atoms with Crippen molar-refractivity contribution in [3.05, 3.63) is 90.5 Å². The van der Waals surface area contributed by atoms with Gasteiger partial charge in [0.05, 0.1) is 24.2 Å². The summed E-state index contributed by atoms with van der Waals surface area (Å²) in [6.45, 7) is 7.81. The summed E-state index contributed by atoms with van der Waals surface area (Å²) in [7, 11) is 0. The Bertz CT molecular complexity index is 1640. The molecule has 0 aliphatic carbocycles. The zero-order valence-electron chi connectivity index (χ0n) is 23.4. The van der Waals surface area contributed by atoms with Gasteiger partial charge in [-0.05, 0) is 50.1 Å². The van der Waals surface area contributed by atoms with E-state index in [-0.39, 0.29) is 6.03 Å². The van der Waals surface area contributed by atoms with Crippen molar-refractivity contribution in [1.82, 2.24) is 29.2 Å². The monoisotopic (exact) mass is 550 g/mol. The van der Waals surface area contributed by atoms with Gasteiger partial charge in [0.15, 0.2) is 0 Å². The summed E-state index contributed by atoms with van der Waals surface area (Å²) in [5.74, 6) is 2.02. The second kappa shape index (κ2) is 11.7. The molecule has 6 rings (SSSR count). The number of nitrogens with zero attached hydrogens (tertiary/aromatic N) is 7. The average molecular weight is 551 g/mol. The van der Waals surface area contributed by atoms with Crippen molar-refractivity contribution in [1.29, 1.82) is 0 Å². The van der Waals surface area contributed by atoms with Crippen molar-refractivity contribution in [2.24, 2.45) is 0 Å². The van der Waals surface area contributed by atoms with Crippen LogP contribution >= 0.6 is 0 Å². The number of para-hydroxylation sites is 2. The predicted octanol–water partition coefficient (Wildman–Crippen LogP) is 5.12. The molecule has 5 aromatic rings. The Morgan fingerprint density at radius 1 is 0.976 bits per heavy atom. The molecule has 0 bridgehead atoms. The Balaban J connectivity index is 1.17. The highest BCUT2D eigenvalue weighted by molar-refractivity contribution is 5.90. The van der Waals surface area contributed by atoms with E-state index in [9.17, 15) is 4.79 Å². The molecule has 210 valence electrons. The summed E-state index contributed by atoms with van der Waals surface area (Å²) in [6.07, 6.45) is 2.55. The van der Waals surface area contributed by atoms with Crippen LogP contribution in [-0.4, -0.2) is 68.0 Å². The lowest BCUT2D eigenvalue weighted by molar-refractivity contribution is 0.215. The van der Waals surface area contributed by atoms with E-state index in [1.54, 1.807) is 11.0 Å². The van der Waals surface area contributed by atoms with Crippen LogP contribution in [0.1, 0.15) is 24.7 Å². The van der Waals surface area contributed by atoms with Crippen LogP contribution in [-0.2, 0) is 6.54 Å². The second-order valence-corrected chi connectivity index (χ2v) is 10.1. The minimum absolute atomic E-state index is 0.136. The summed E-state index contributed by atoms with van der Waals surface area (Å²) in [5.41, 5.74) is 4.90. The van der Waals surface area contributed by atoms with Gasteiger partial charge in [-0.15, -0.1) is 0 Å². The first kappa shape index (κ1) is 26.4. The largest absolute Gasteiger partial charge is 0.492 e. The number of aryl methyl sites for hydroxylation is 1. The number of aromatic nitrogens is 5. The fourth-order valence-electron chi connectivity index (χ4n) is 5.27. The number of ether oxygens (including phenoxy) is 1. The third-order valence-electron chi connectivity index (χ3n) is 7.30. The van der Waals surface area contributed by atoms with Gasteiger partial charge in [-0.1, -0.05) is 42.5 Å². The number of nitrogens with one attached hydrogen (secondary N) is 1. The molecule has 3 aromatic carbocycles. The van der Waals surface area contributed by atoms with E-state index in [0.717, 1.165) is 46.7 Å². The van der Waals surface area contributed by atoms with Crippen molar-refractivity contribution < 1.29 is 9.53 Å². The zero-order chi connectivity index (χ0) is 28.2. The maximum absolute atomic E-state index is 13.5. The predicted molar refractivity (Wildman–Crippen MR) is 160 cm³/mol. The van der Waals surface area contributed by atoms with Crippen LogP contribution in [0.5, 0.6) is 5.75 Å². The third kappa shape index (κ3) is 5.72. The lowest BCUT2D eigenvalue weighted by Gasteiger charge is -2.25. The van der Waals surface area contributed by atoms with E-state index in [1.165, 1.54) is 0 Å². The Morgan fingerprint density at radius 3 is 2.61 bits per heavy atom. The van der Waals surface area contributed by atoms with Crippen LogP contribution in [0.15, 0.2) is 79.1 Å². The summed E-state index contributed by atoms with van der Waals surface area (Å²) < 4.78 is 9.78. The van der Waals surface area contributed by atoms with Crippen molar-refractivity contribution in [3.63, 3.8) is 0 Å². The zero-order valence-corrected chi connectivity index (χ0v) is 23.4. The highest BCUT2D eigenvalue weighted by atomic mass is 16.5. The average Bonchev–Trinajstić information content (AvgIpc) is 3.46. The standard InChI is InChI=1S/C31H34N8O2/c1-3-41-29-20-25(14-15-28(29)39-22-32-23(2)35-39)36-16-9-17-37(19-18-36)31(40)34-30-33-26-12-7-8-13-27(26)38(30)21-24-10-5-4-6-11-24/h4-8,10-15,20,22H,3,9,16-19,21H2,1-2H3,(H,33,34,40). The molecule has 2 amide bonds. The van der Waals surface area contributed by atoms with Gasteiger partial charge in [0.1, 0.15) is 23.6 Å². The smallest absolute Gasteiger partial charge is 0.324 e. The van der Waals surface area contributed by atoms with Gasteiger partial charge in [0, 0.05) is 37.9 Å². The van der Waals surface area contributed by atoms with Crippen molar-refractivity contribution >= 4 is 28.7 Å². The molecule has 10 nitrogen and oxygen atoms in total. The van der Waals surface area contributed by atoms with Gasteiger partial charge in [-0.25, -0.2) is 19.4 Å². The molecule has 1 aliphatic heterocycles. The molecule has 0 unspecified atom stereocenters. The minimum atomic E-state index is -0.136. The summed E-state index contributed by atoms with van der Waals surface area (Å²) >= 11 is 0. The van der Waals surface area contributed by atoms with Crippen LogP contribution in [0.4, 0.5) is 16.4 Å². The normalized spacial score (nSPS) is 13.8. The van der Waals surface area contributed by atoms with Crippen molar-refractivity contribution in [3.8, 4) is 11.4 Å². The number of rotatable bonds is 7. The Labute approximate surface area is 239 Å². The lowest BCUT2D eigenvalue weighted by Crippen LogP contribution is -2.38. The maximum Gasteiger partial charge on any atom is 0.324 e. The molecule has 1 aliphatic rings. The van der Waals surface area contributed by atoms with Gasteiger partial charge in [-0.2, -0.15) is 5.10 Å². The molecule has 0 atom stereocenters. The number of hydrogen-bond acceptors (Lipinski definition) is 6. The van der Waals surface area contributed by atoms with E-state index in [0.29, 0.717) is 44.6 Å². The molecule has 3 heterocycles. The van der Waals surface area contributed by atoms with Crippen LogP contribution < -0.4 is 15.0 Å². The molecule has 0 spiro atoms. The third-order valence-corrected chi connectivity index (χ3v) is 7.30. The maximum atomic E-state index is 13.5. The summed E-state index contributed by atoms with van der Waals surface area (Å²) in [6, 6.07) is 24.2. The van der Waals surface area contributed by atoms with E-state index in [2.05, 4.69) is 49.1 Å². The molecular formula is C31H34N8O2. The summed E-state index contributed by atoms with van der Waals surface area (Å²) in [5, 5.41) is 7.55. The number of anilines is 2. The fraction of sp³-hybridized carbons (Fsp3) is 0.290. The topological polar surface area (TPSA) is 93.3 Å². The molecule has 0 saturated carbocycles. The van der Waals surface area contributed by atoms with Crippen LogP contribution in [0.2, 0.25) is 0 Å². The van der Waals surface area contributed by atoms with Gasteiger partial charge in [0.25, 0.3) is 0 Å². The number of urea groups is 1. The van der Waals surface area contributed by atoms with E-state index >= 15 is 0 Å². The number of fused-ring (bicyclic) bond motifs is 1. The van der Waals surface area contributed by atoms with E-state index in [4.69, 9.17) is 9.72 Å². The molecule has 0 radical (unpaired) electrons. The quantitative estimate of drug-likeness (QED) is 0.303. The first-order valence-electron chi connectivity index (χ1n) is 14.0. The number of carbonyl (C=O) groups excluding carboxylic acids is 1. The SMILES string of the molecule is CCOc1cc(N2CCCN(C(=O)Nc3nc4ccccc4n3Cc3ccccc3)CC2)ccc1-n1cnc(C)n1. The highest BCUT2D eigenvalue weighted by Gasteiger charge is 2.22. The number of imidazole rings is 1. The molecule has 1 saturated heterocycles. The number of amides is 2. The van der Waals surface area contributed by atoms with Crippen LogP contribution in [0.25, 0.3) is 16.7 Å². The molecule has 41 heavy (non-hydrogen) atoms. The van der Waals surface area contributed by atoms with Gasteiger partial charge in [-0.3, -0.25) is 5.32 Å². The summed E-state index contributed by atoms with van der Waals surface area (Å²) in [4.78, 5) is 26.7. The van der Waals surface area contributed by atoms with Crippen molar-refractivity contribution in [2.75, 3.05) is 43.0 Å². The molecule has 10 heteroatoms. The first-order valence-corrected chi connectivity index (χ1v) is 14.0. The molecule has 1 N–H and O–H groups in total. The van der Waals surface area contributed by atoms with E-state index in [1.807, 2.05) is 67.3 Å². The van der Waals surface area contributed by atoms with Crippen molar-refractivity contribution in [2.45, 2.75) is 26.8 Å². The molecule has 1 fully saturated rings. The van der Waals surface area contributed by atoms with Gasteiger partial charge < -0.3 is 19.1 Å². The first-order chi connectivity index (χ1) is 20.1. The Hall–Kier alpha value is -4.86. The molecule has 2 aromatic heterocycles. The second-order valence-electron chi connectivity index (χ2n) is 10.1. The Kier molecular flexibility index (Phi) is 7.53.